The Kier molecular flexibility index (Phi) is 6.45. The van der Waals surface area contributed by atoms with Crippen LogP contribution in [-0.4, -0.2) is 58.6 Å². The van der Waals surface area contributed by atoms with Gasteiger partial charge in [0.05, 0.1) is 7.11 Å². The van der Waals surface area contributed by atoms with E-state index in [1.807, 2.05) is 11.3 Å². The molecule has 1 aromatic heterocycles. The summed E-state index contributed by atoms with van der Waals surface area (Å²) in [5, 5.41) is 2.95. The van der Waals surface area contributed by atoms with Gasteiger partial charge >= 0.3 is 10.2 Å². The number of nitrogens with zero attached hydrogens (tertiary/aromatic N) is 3. The van der Waals surface area contributed by atoms with E-state index in [1.165, 1.54) is 16.9 Å². The van der Waals surface area contributed by atoms with Crippen LogP contribution in [0.25, 0.3) is 0 Å². The van der Waals surface area contributed by atoms with Crippen LogP contribution in [0.2, 0.25) is 0 Å². The summed E-state index contributed by atoms with van der Waals surface area (Å²) in [6.07, 6.45) is 0. The first kappa shape index (κ1) is 18.2. The van der Waals surface area contributed by atoms with Crippen LogP contribution >= 0.6 is 23.1 Å². The lowest BCUT2D eigenvalue weighted by Gasteiger charge is -2.06. The fourth-order valence-corrected chi connectivity index (χ4v) is 4.77. The smallest absolute Gasteiger partial charge is 0.368 e. The summed E-state index contributed by atoms with van der Waals surface area (Å²) in [5.74, 6) is 1.96. The van der Waals surface area contributed by atoms with E-state index >= 15 is 0 Å². The molecule has 0 saturated carbocycles. The van der Waals surface area contributed by atoms with Gasteiger partial charge in [0.1, 0.15) is 0 Å². The average Bonchev–Trinajstić information content (AvgIpc) is 3.01. The number of thiophene rings is 1. The van der Waals surface area contributed by atoms with Gasteiger partial charge in [-0.25, -0.2) is 0 Å². The van der Waals surface area contributed by atoms with Crippen molar-refractivity contribution in [3.63, 3.8) is 0 Å². The second kappa shape index (κ2) is 8.13. The van der Waals surface area contributed by atoms with Gasteiger partial charge < -0.3 is 15.0 Å². The summed E-state index contributed by atoms with van der Waals surface area (Å²) in [6, 6.07) is 4.32. The second-order valence-corrected chi connectivity index (χ2v) is 8.69. The van der Waals surface area contributed by atoms with E-state index in [4.69, 9.17) is 4.74 Å². The Labute approximate surface area is 145 Å². The van der Waals surface area contributed by atoms with Gasteiger partial charge in [0.15, 0.2) is 0 Å². The molecule has 128 valence electrons. The number of nitrogens with one attached hydrogen (secondary N) is 1. The van der Waals surface area contributed by atoms with Crippen molar-refractivity contribution in [3.8, 4) is 0 Å². The van der Waals surface area contributed by atoms with E-state index < -0.39 is 10.2 Å². The first-order valence-corrected chi connectivity index (χ1v) is 10.3. The molecular formula is C13H20N4O3S3. The van der Waals surface area contributed by atoms with Gasteiger partial charge in [-0.1, -0.05) is 0 Å². The Hall–Kier alpha value is -1.10. The lowest BCUT2D eigenvalue weighted by atomic mass is 10.4. The summed E-state index contributed by atoms with van der Waals surface area (Å²) < 4.78 is 34.3. The molecule has 0 radical (unpaired) electrons. The number of amidine groups is 1. The Morgan fingerprint density at radius 2 is 2.04 bits per heavy atom. The lowest BCUT2D eigenvalue weighted by Crippen LogP contribution is -2.32. The third-order valence-electron chi connectivity index (χ3n) is 2.77. The first-order valence-electron chi connectivity index (χ1n) is 6.93. The van der Waals surface area contributed by atoms with E-state index in [0.29, 0.717) is 6.54 Å². The quantitative estimate of drug-likeness (QED) is 0.723. The van der Waals surface area contributed by atoms with E-state index in [-0.39, 0.29) is 11.7 Å². The number of hydrogen-bond acceptors (Lipinski definition) is 7. The highest BCUT2D eigenvalue weighted by Crippen LogP contribution is 2.22. The maximum atomic E-state index is 11.3. The Bertz CT molecular complexity index is 695. The van der Waals surface area contributed by atoms with E-state index in [9.17, 15) is 8.42 Å². The van der Waals surface area contributed by atoms with Crippen LogP contribution in [-0.2, 0) is 27.2 Å². The SMILES string of the molecule is COC1=NS(=O)(=O)N=C1NCCSCc1ccc(CN(C)C)s1. The first-order chi connectivity index (χ1) is 10.9. The van der Waals surface area contributed by atoms with Crippen molar-refractivity contribution in [3.05, 3.63) is 21.9 Å². The zero-order valence-corrected chi connectivity index (χ0v) is 15.7. The summed E-state index contributed by atoms with van der Waals surface area (Å²) in [6.45, 7) is 1.56. The van der Waals surface area contributed by atoms with Gasteiger partial charge in [-0.15, -0.1) is 20.1 Å². The van der Waals surface area contributed by atoms with Crippen LogP contribution in [0, 0.1) is 0 Å². The molecule has 1 N–H and O–H groups in total. The Balaban J connectivity index is 1.70. The molecule has 23 heavy (non-hydrogen) atoms. The molecule has 1 aromatic rings. The van der Waals surface area contributed by atoms with Gasteiger partial charge in [0, 0.05) is 34.3 Å². The molecule has 2 heterocycles. The van der Waals surface area contributed by atoms with Gasteiger partial charge in [0.25, 0.3) is 5.90 Å². The fraction of sp³-hybridized carbons (Fsp3) is 0.538. The molecule has 0 amide bonds. The largest absolute Gasteiger partial charge is 0.478 e. The molecule has 0 aromatic carbocycles. The third kappa shape index (κ3) is 5.79. The third-order valence-corrected chi connectivity index (χ3v) is 5.84. The van der Waals surface area contributed by atoms with Crippen LogP contribution in [0.3, 0.4) is 0 Å². The van der Waals surface area contributed by atoms with Crippen molar-refractivity contribution in [2.45, 2.75) is 12.3 Å². The molecule has 1 aliphatic rings. The number of thioether (sulfide) groups is 1. The van der Waals surface area contributed by atoms with Gasteiger partial charge in [-0.3, -0.25) is 0 Å². The molecule has 0 bridgehead atoms. The molecular weight excluding hydrogens is 356 g/mol. The van der Waals surface area contributed by atoms with Crippen LogP contribution in [0.15, 0.2) is 20.9 Å². The molecule has 1 aliphatic heterocycles. The highest BCUT2D eigenvalue weighted by Gasteiger charge is 2.24. The van der Waals surface area contributed by atoms with Gasteiger partial charge in [-0.2, -0.15) is 20.2 Å². The van der Waals surface area contributed by atoms with E-state index in [2.05, 4.69) is 45.2 Å². The Morgan fingerprint density at radius 1 is 1.30 bits per heavy atom. The summed E-state index contributed by atoms with van der Waals surface area (Å²) >= 11 is 3.60. The van der Waals surface area contributed by atoms with Crippen molar-refractivity contribution in [1.82, 2.24) is 10.2 Å². The molecule has 2 rings (SSSR count). The minimum absolute atomic E-state index is 0.0154. The average molecular weight is 377 g/mol. The lowest BCUT2D eigenvalue weighted by molar-refractivity contribution is 0.406. The van der Waals surface area contributed by atoms with Crippen LogP contribution in [0.5, 0.6) is 0 Å². The molecule has 0 spiro atoms. The van der Waals surface area contributed by atoms with Crippen LogP contribution in [0.4, 0.5) is 0 Å². The predicted octanol–water partition coefficient (Wildman–Crippen LogP) is 1.33. The molecule has 0 saturated heterocycles. The summed E-state index contributed by atoms with van der Waals surface area (Å²) in [4.78, 5) is 4.85. The molecule has 0 aliphatic carbocycles. The van der Waals surface area contributed by atoms with Crippen molar-refractivity contribution in [1.29, 1.82) is 0 Å². The normalized spacial score (nSPS) is 16.3. The number of hydrogen-bond donors (Lipinski definition) is 1. The maximum Gasteiger partial charge on any atom is 0.368 e. The molecule has 7 nitrogen and oxygen atoms in total. The fourth-order valence-electron chi connectivity index (χ4n) is 1.88. The number of ether oxygens (including phenoxy) is 1. The van der Waals surface area contributed by atoms with Gasteiger partial charge in [-0.05, 0) is 26.2 Å². The van der Waals surface area contributed by atoms with E-state index in [1.54, 1.807) is 11.8 Å². The monoisotopic (exact) mass is 376 g/mol. The number of rotatable bonds is 7. The highest BCUT2D eigenvalue weighted by atomic mass is 32.2. The molecule has 10 heteroatoms. The van der Waals surface area contributed by atoms with Crippen molar-refractivity contribution < 1.29 is 13.2 Å². The second-order valence-electron chi connectivity index (χ2n) is 5.07. The topological polar surface area (TPSA) is 83.4 Å². The minimum Gasteiger partial charge on any atom is -0.478 e. The van der Waals surface area contributed by atoms with Crippen LogP contribution < -0.4 is 5.32 Å². The summed E-state index contributed by atoms with van der Waals surface area (Å²) in [5.41, 5.74) is 0. The van der Waals surface area contributed by atoms with Crippen molar-refractivity contribution in [2.24, 2.45) is 8.80 Å². The zero-order chi connectivity index (χ0) is 16.9. The van der Waals surface area contributed by atoms with Crippen LogP contribution in [0.1, 0.15) is 9.75 Å². The molecule has 0 unspecified atom stereocenters. The highest BCUT2D eigenvalue weighted by molar-refractivity contribution is 7.98. The van der Waals surface area contributed by atoms with Crippen molar-refractivity contribution in [2.75, 3.05) is 33.5 Å². The van der Waals surface area contributed by atoms with E-state index in [0.717, 1.165) is 18.1 Å². The maximum absolute atomic E-state index is 11.3. The standard InChI is InChI=1S/C13H20N4O3S3/c1-17(2)8-10-4-5-11(22-10)9-21-7-6-14-12-13(20-3)16-23(18,19)15-12/h4-5H,6-9H2,1-3H3,(H,14,15). The Morgan fingerprint density at radius 3 is 2.74 bits per heavy atom. The minimum atomic E-state index is -3.77. The predicted molar refractivity (Wildman–Crippen MR) is 96.7 cm³/mol. The molecule has 0 atom stereocenters. The van der Waals surface area contributed by atoms with Gasteiger partial charge in [0.2, 0.25) is 5.84 Å². The van der Waals surface area contributed by atoms with Crippen molar-refractivity contribution >= 4 is 45.0 Å². The zero-order valence-electron chi connectivity index (χ0n) is 13.3. The summed E-state index contributed by atoms with van der Waals surface area (Å²) in [7, 11) is 1.72. The molecule has 0 fully saturated rings. The number of methoxy groups -OCH3 is 1.